The minimum Gasteiger partial charge on any atom is -0.481 e. The second-order valence-electron chi connectivity index (χ2n) is 4.13. The van der Waals surface area contributed by atoms with E-state index in [1.165, 1.54) is 12.8 Å². The Morgan fingerprint density at radius 1 is 1.25 bits per heavy atom. The van der Waals surface area contributed by atoms with Crippen LogP contribution in [-0.2, 0) is 4.79 Å². The Hall–Kier alpha value is -1.05. The van der Waals surface area contributed by atoms with Crippen LogP contribution in [0.3, 0.4) is 0 Å². The number of hydrogen-bond acceptors (Lipinski definition) is 1. The number of carboxylic acid groups (broad SMARTS) is 1. The van der Waals surface area contributed by atoms with Gasteiger partial charge in [-0.3, -0.25) is 4.79 Å². The standard InChI is InChI=1S/C14H24O2/c1-3-10-13(4-2)11-8-6-5-7-9-12-14(15)16/h3-4,10,13H,2,5-9,11-12H2,1H3,(H,15,16)/b10-3+. The van der Waals surface area contributed by atoms with E-state index in [9.17, 15) is 4.79 Å². The fraction of sp³-hybridized carbons (Fsp3) is 0.643. The molecule has 0 bridgehead atoms. The Morgan fingerprint density at radius 3 is 2.44 bits per heavy atom. The van der Waals surface area contributed by atoms with E-state index in [1.807, 2.05) is 13.0 Å². The molecule has 0 aliphatic heterocycles. The minimum absolute atomic E-state index is 0.313. The van der Waals surface area contributed by atoms with Gasteiger partial charge in [0.05, 0.1) is 0 Å². The molecule has 0 amide bonds. The molecule has 2 nitrogen and oxygen atoms in total. The molecule has 0 aliphatic rings. The highest BCUT2D eigenvalue weighted by molar-refractivity contribution is 5.66. The molecule has 0 saturated heterocycles. The molecule has 0 heterocycles. The highest BCUT2D eigenvalue weighted by Crippen LogP contribution is 2.14. The van der Waals surface area contributed by atoms with Crippen molar-refractivity contribution in [1.29, 1.82) is 0 Å². The second-order valence-corrected chi connectivity index (χ2v) is 4.13. The number of aliphatic carboxylic acids is 1. The zero-order valence-corrected chi connectivity index (χ0v) is 10.3. The van der Waals surface area contributed by atoms with Crippen LogP contribution in [-0.4, -0.2) is 11.1 Å². The van der Waals surface area contributed by atoms with Crippen LogP contribution in [0.1, 0.15) is 51.9 Å². The topological polar surface area (TPSA) is 37.3 Å². The minimum atomic E-state index is -0.681. The molecule has 2 heteroatoms. The van der Waals surface area contributed by atoms with Crippen molar-refractivity contribution in [3.8, 4) is 0 Å². The van der Waals surface area contributed by atoms with Gasteiger partial charge in [0.25, 0.3) is 0 Å². The SMILES string of the molecule is C=CC(/C=C/C)CCCCCCCC(=O)O. The van der Waals surface area contributed by atoms with Gasteiger partial charge in [-0.05, 0) is 25.7 Å². The first-order valence-corrected chi connectivity index (χ1v) is 6.18. The van der Waals surface area contributed by atoms with Gasteiger partial charge in [0.2, 0.25) is 0 Å². The number of carbonyl (C=O) groups is 1. The first-order valence-electron chi connectivity index (χ1n) is 6.18. The molecule has 0 aromatic rings. The smallest absolute Gasteiger partial charge is 0.303 e. The molecule has 0 fully saturated rings. The first kappa shape index (κ1) is 14.9. The summed E-state index contributed by atoms with van der Waals surface area (Å²) < 4.78 is 0. The normalized spacial score (nSPS) is 12.8. The van der Waals surface area contributed by atoms with Crippen LogP contribution >= 0.6 is 0 Å². The maximum absolute atomic E-state index is 10.3. The Balaban J connectivity index is 3.32. The Kier molecular flexibility index (Phi) is 9.78. The van der Waals surface area contributed by atoms with Crippen LogP contribution in [0, 0.1) is 5.92 Å². The van der Waals surface area contributed by atoms with Gasteiger partial charge in [-0.2, -0.15) is 0 Å². The highest BCUT2D eigenvalue weighted by atomic mass is 16.4. The van der Waals surface area contributed by atoms with Gasteiger partial charge in [0, 0.05) is 6.42 Å². The number of hydrogen-bond donors (Lipinski definition) is 1. The molecule has 1 unspecified atom stereocenters. The molecule has 0 saturated carbocycles. The first-order chi connectivity index (χ1) is 7.70. The largest absolute Gasteiger partial charge is 0.481 e. The van der Waals surface area contributed by atoms with E-state index in [4.69, 9.17) is 5.11 Å². The summed E-state index contributed by atoms with van der Waals surface area (Å²) in [5.74, 6) is -0.177. The lowest BCUT2D eigenvalue weighted by atomic mass is 10.00. The summed E-state index contributed by atoms with van der Waals surface area (Å²) in [7, 11) is 0. The quantitative estimate of drug-likeness (QED) is 0.446. The number of rotatable bonds is 10. The van der Waals surface area contributed by atoms with Crippen LogP contribution < -0.4 is 0 Å². The van der Waals surface area contributed by atoms with Gasteiger partial charge in [-0.25, -0.2) is 0 Å². The monoisotopic (exact) mass is 224 g/mol. The fourth-order valence-electron chi connectivity index (χ4n) is 1.73. The number of carboxylic acids is 1. The third-order valence-electron chi connectivity index (χ3n) is 2.67. The highest BCUT2D eigenvalue weighted by Gasteiger charge is 1.99. The molecule has 1 atom stereocenters. The molecule has 1 N–H and O–H groups in total. The van der Waals surface area contributed by atoms with Gasteiger partial charge in [0.1, 0.15) is 0 Å². The van der Waals surface area contributed by atoms with Crippen LogP contribution in [0.5, 0.6) is 0 Å². The predicted molar refractivity (Wildman–Crippen MR) is 68.5 cm³/mol. The second kappa shape index (κ2) is 10.5. The molecule has 0 aliphatic carbocycles. The van der Waals surface area contributed by atoms with Crippen molar-refractivity contribution < 1.29 is 9.90 Å². The zero-order chi connectivity index (χ0) is 12.2. The molecule has 92 valence electrons. The van der Waals surface area contributed by atoms with E-state index in [-0.39, 0.29) is 0 Å². The van der Waals surface area contributed by atoms with Gasteiger partial charge >= 0.3 is 5.97 Å². The van der Waals surface area contributed by atoms with Gasteiger partial charge in [0.15, 0.2) is 0 Å². The predicted octanol–water partition coefficient (Wildman–Crippen LogP) is 4.18. The lowest BCUT2D eigenvalue weighted by Gasteiger charge is -2.06. The molecule has 0 rings (SSSR count). The van der Waals surface area contributed by atoms with Crippen molar-refractivity contribution in [3.05, 3.63) is 24.8 Å². The van der Waals surface area contributed by atoms with Crippen LogP contribution in [0.15, 0.2) is 24.8 Å². The number of unbranched alkanes of at least 4 members (excludes halogenated alkanes) is 4. The van der Waals surface area contributed by atoms with Crippen molar-refractivity contribution in [3.63, 3.8) is 0 Å². The summed E-state index contributed by atoms with van der Waals surface area (Å²) >= 11 is 0. The number of allylic oxidation sites excluding steroid dienone is 3. The van der Waals surface area contributed by atoms with Crippen LogP contribution in [0.2, 0.25) is 0 Å². The summed E-state index contributed by atoms with van der Waals surface area (Å²) in [5, 5.41) is 8.46. The Labute approximate surface area is 99.1 Å². The maximum Gasteiger partial charge on any atom is 0.303 e. The van der Waals surface area contributed by atoms with Crippen LogP contribution in [0.25, 0.3) is 0 Å². The van der Waals surface area contributed by atoms with Crippen molar-refractivity contribution in [2.75, 3.05) is 0 Å². The molecule has 16 heavy (non-hydrogen) atoms. The molecule has 0 radical (unpaired) electrons. The molecular weight excluding hydrogens is 200 g/mol. The van der Waals surface area contributed by atoms with Gasteiger partial charge in [-0.1, -0.05) is 43.9 Å². The summed E-state index contributed by atoms with van der Waals surface area (Å²) in [6.07, 6.45) is 13.1. The molecular formula is C14H24O2. The van der Waals surface area contributed by atoms with Gasteiger partial charge < -0.3 is 5.11 Å². The van der Waals surface area contributed by atoms with Crippen molar-refractivity contribution in [2.24, 2.45) is 5.92 Å². The van der Waals surface area contributed by atoms with Crippen molar-refractivity contribution in [1.82, 2.24) is 0 Å². The fourth-order valence-corrected chi connectivity index (χ4v) is 1.73. The lowest BCUT2D eigenvalue weighted by molar-refractivity contribution is -0.137. The summed E-state index contributed by atoms with van der Waals surface area (Å²) in [6.45, 7) is 5.84. The van der Waals surface area contributed by atoms with E-state index < -0.39 is 5.97 Å². The average molecular weight is 224 g/mol. The zero-order valence-electron chi connectivity index (χ0n) is 10.3. The summed E-state index contributed by atoms with van der Waals surface area (Å²) in [6, 6.07) is 0. The summed E-state index contributed by atoms with van der Waals surface area (Å²) in [4.78, 5) is 10.3. The molecule has 0 spiro atoms. The van der Waals surface area contributed by atoms with E-state index >= 15 is 0 Å². The Bertz CT molecular complexity index is 219. The third kappa shape index (κ3) is 9.50. The molecule has 0 aromatic heterocycles. The van der Waals surface area contributed by atoms with Crippen molar-refractivity contribution in [2.45, 2.75) is 51.9 Å². The summed E-state index contributed by atoms with van der Waals surface area (Å²) in [5.41, 5.74) is 0. The molecule has 0 aromatic carbocycles. The van der Waals surface area contributed by atoms with E-state index in [2.05, 4.69) is 18.7 Å². The van der Waals surface area contributed by atoms with E-state index in [0.717, 1.165) is 25.7 Å². The average Bonchev–Trinajstić information content (AvgIpc) is 2.26. The van der Waals surface area contributed by atoms with E-state index in [1.54, 1.807) is 0 Å². The van der Waals surface area contributed by atoms with Gasteiger partial charge in [-0.15, -0.1) is 6.58 Å². The van der Waals surface area contributed by atoms with E-state index in [0.29, 0.717) is 12.3 Å². The van der Waals surface area contributed by atoms with Crippen LogP contribution in [0.4, 0.5) is 0 Å². The van der Waals surface area contributed by atoms with Crippen molar-refractivity contribution >= 4 is 5.97 Å². The Morgan fingerprint density at radius 2 is 1.88 bits per heavy atom. The lowest BCUT2D eigenvalue weighted by Crippen LogP contribution is -1.94. The maximum atomic E-state index is 10.3. The third-order valence-corrected chi connectivity index (χ3v) is 2.67.